The number of benzene rings is 1. The fraction of sp³-hybridized carbons (Fsp3) is 0.579. The van der Waals surface area contributed by atoms with Crippen LogP contribution in [-0.2, 0) is 4.79 Å². The van der Waals surface area contributed by atoms with E-state index in [9.17, 15) is 9.59 Å². The number of anilines is 1. The van der Waals surface area contributed by atoms with Crippen molar-refractivity contribution in [2.24, 2.45) is 5.92 Å². The largest absolute Gasteiger partial charge is 0.454 e. The SMILES string of the molecule is O=C(CN1CCN(c2ccc3c(c2)OCO3)C1=O)NCC1CCCCC1. The number of rotatable bonds is 5. The first kappa shape index (κ1) is 17.0. The lowest BCUT2D eigenvalue weighted by Crippen LogP contribution is -2.41. The van der Waals surface area contributed by atoms with E-state index < -0.39 is 0 Å². The Kier molecular flexibility index (Phi) is 4.86. The summed E-state index contributed by atoms with van der Waals surface area (Å²) in [6.07, 6.45) is 6.22. The van der Waals surface area contributed by atoms with Crippen LogP contribution in [-0.4, -0.2) is 49.8 Å². The van der Waals surface area contributed by atoms with Crippen LogP contribution in [0.3, 0.4) is 0 Å². The maximum Gasteiger partial charge on any atom is 0.325 e. The Labute approximate surface area is 153 Å². The van der Waals surface area contributed by atoms with Crippen molar-refractivity contribution in [1.82, 2.24) is 10.2 Å². The van der Waals surface area contributed by atoms with Crippen molar-refractivity contribution in [1.29, 1.82) is 0 Å². The average molecular weight is 359 g/mol. The minimum absolute atomic E-state index is 0.0727. The second kappa shape index (κ2) is 7.43. The second-order valence-electron chi connectivity index (χ2n) is 7.20. The predicted octanol–water partition coefficient (Wildman–Crippen LogP) is 2.35. The molecule has 0 atom stereocenters. The van der Waals surface area contributed by atoms with Crippen LogP contribution < -0.4 is 19.7 Å². The van der Waals surface area contributed by atoms with Crippen LogP contribution in [0.4, 0.5) is 10.5 Å². The molecule has 1 N–H and O–H groups in total. The molecule has 3 aliphatic rings. The summed E-state index contributed by atoms with van der Waals surface area (Å²) in [5, 5.41) is 3.00. The monoisotopic (exact) mass is 359 g/mol. The highest BCUT2D eigenvalue weighted by Gasteiger charge is 2.31. The Morgan fingerprint density at radius 3 is 2.77 bits per heavy atom. The molecule has 0 spiro atoms. The molecule has 7 heteroatoms. The van der Waals surface area contributed by atoms with Gasteiger partial charge in [0, 0.05) is 31.4 Å². The number of hydrogen-bond donors (Lipinski definition) is 1. The summed E-state index contributed by atoms with van der Waals surface area (Å²) < 4.78 is 10.7. The van der Waals surface area contributed by atoms with E-state index in [1.165, 1.54) is 32.1 Å². The summed E-state index contributed by atoms with van der Waals surface area (Å²) in [4.78, 5) is 28.1. The molecule has 2 aliphatic heterocycles. The molecular weight excluding hydrogens is 334 g/mol. The number of nitrogens with one attached hydrogen (secondary N) is 1. The number of hydrogen-bond acceptors (Lipinski definition) is 4. The van der Waals surface area contributed by atoms with E-state index in [4.69, 9.17) is 9.47 Å². The van der Waals surface area contributed by atoms with Gasteiger partial charge in [-0.2, -0.15) is 0 Å². The van der Waals surface area contributed by atoms with Gasteiger partial charge in [-0.15, -0.1) is 0 Å². The van der Waals surface area contributed by atoms with Crippen molar-refractivity contribution in [3.63, 3.8) is 0 Å². The molecule has 1 saturated carbocycles. The van der Waals surface area contributed by atoms with E-state index in [0.717, 1.165) is 12.2 Å². The lowest BCUT2D eigenvalue weighted by Gasteiger charge is -2.23. The Bertz CT molecular complexity index is 687. The Balaban J connectivity index is 1.30. The van der Waals surface area contributed by atoms with E-state index in [1.54, 1.807) is 9.80 Å². The summed E-state index contributed by atoms with van der Waals surface area (Å²) >= 11 is 0. The van der Waals surface area contributed by atoms with Crippen molar-refractivity contribution in [2.75, 3.05) is 37.9 Å². The maximum absolute atomic E-state index is 12.6. The summed E-state index contributed by atoms with van der Waals surface area (Å²) in [6.45, 7) is 2.16. The summed E-state index contributed by atoms with van der Waals surface area (Å²) in [6, 6.07) is 5.33. The van der Waals surface area contributed by atoms with Gasteiger partial charge in [0.15, 0.2) is 11.5 Å². The number of ether oxygens (including phenoxy) is 2. The number of nitrogens with zero attached hydrogens (tertiary/aromatic N) is 2. The smallest absolute Gasteiger partial charge is 0.325 e. The molecule has 1 aromatic carbocycles. The summed E-state index contributed by atoms with van der Waals surface area (Å²) in [7, 11) is 0. The van der Waals surface area contributed by atoms with Gasteiger partial charge in [0.1, 0.15) is 6.54 Å². The van der Waals surface area contributed by atoms with Gasteiger partial charge < -0.3 is 19.7 Å². The molecule has 1 saturated heterocycles. The van der Waals surface area contributed by atoms with Crippen molar-refractivity contribution < 1.29 is 19.1 Å². The Morgan fingerprint density at radius 1 is 1.12 bits per heavy atom. The molecule has 0 unspecified atom stereocenters. The number of carbonyl (C=O) groups is 2. The third-order valence-electron chi connectivity index (χ3n) is 5.41. The Morgan fingerprint density at radius 2 is 1.92 bits per heavy atom. The van der Waals surface area contributed by atoms with Crippen molar-refractivity contribution in [2.45, 2.75) is 32.1 Å². The van der Waals surface area contributed by atoms with Crippen LogP contribution >= 0.6 is 0 Å². The van der Waals surface area contributed by atoms with Gasteiger partial charge in [0.2, 0.25) is 12.7 Å². The average Bonchev–Trinajstić information content (AvgIpc) is 3.27. The van der Waals surface area contributed by atoms with Gasteiger partial charge in [-0.25, -0.2) is 4.79 Å². The molecule has 7 nitrogen and oxygen atoms in total. The number of fused-ring (bicyclic) bond motifs is 1. The zero-order chi connectivity index (χ0) is 17.9. The van der Waals surface area contributed by atoms with Crippen molar-refractivity contribution in [3.05, 3.63) is 18.2 Å². The first-order valence-corrected chi connectivity index (χ1v) is 9.43. The van der Waals surface area contributed by atoms with Crippen LogP contribution in [0.1, 0.15) is 32.1 Å². The fourth-order valence-corrected chi connectivity index (χ4v) is 3.90. The lowest BCUT2D eigenvalue weighted by molar-refractivity contribution is -0.121. The zero-order valence-electron chi connectivity index (χ0n) is 14.9. The van der Waals surface area contributed by atoms with E-state index in [1.807, 2.05) is 18.2 Å². The molecule has 2 fully saturated rings. The van der Waals surface area contributed by atoms with Crippen molar-refractivity contribution in [3.8, 4) is 11.5 Å². The van der Waals surface area contributed by atoms with Gasteiger partial charge in [-0.1, -0.05) is 19.3 Å². The van der Waals surface area contributed by atoms with E-state index in [0.29, 0.717) is 30.5 Å². The molecule has 140 valence electrons. The van der Waals surface area contributed by atoms with E-state index in [-0.39, 0.29) is 25.3 Å². The third-order valence-corrected chi connectivity index (χ3v) is 5.41. The van der Waals surface area contributed by atoms with Crippen LogP contribution in [0.2, 0.25) is 0 Å². The summed E-state index contributed by atoms with van der Waals surface area (Å²) in [5.41, 5.74) is 0.768. The maximum atomic E-state index is 12.6. The molecule has 0 aromatic heterocycles. The molecule has 4 rings (SSSR count). The molecule has 1 aliphatic carbocycles. The van der Waals surface area contributed by atoms with Gasteiger partial charge in [0.25, 0.3) is 0 Å². The van der Waals surface area contributed by atoms with Gasteiger partial charge in [0.05, 0.1) is 0 Å². The minimum atomic E-state index is -0.142. The van der Waals surface area contributed by atoms with Gasteiger partial charge >= 0.3 is 6.03 Å². The van der Waals surface area contributed by atoms with Crippen LogP contribution in [0.25, 0.3) is 0 Å². The first-order valence-electron chi connectivity index (χ1n) is 9.43. The molecular formula is C19H25N3O4. The molecule has 1 aromatic rings. The fourth-order valence-electron chi connectivity index (χ4n) is 3.90. The lowest BCUT2D eigenvalue weighted by atomic mass is 9.89. The minimum Gasteiger partial charge on any atom is -0.454 e. The van der Waals surface area contributed by atoms with E-state index >= 15 is 0 Å². The van der Waals surface area contributed by atoms with Crippen molar-refractivity contribution >= 4 is 17.6 Å². The molecule has 3 amide bonds. The molecule has 0 bridgehead atoms. The molecule has 2 heterocycles. The third kappa shape index (κ3) is 3.57. The highest BCUT2D eigenvalue weighted by atomic mass is 16.7. The molecule has 26 heavy (non-hydrogen) atoms. The second-order valence-corrected chi connectivity index (χ2v) is 7.20. The first-order chi connectivity index (χ1) is 12.7. The highest BCUT2D eigenvalue weighted by molar-refractivity contribution is 5.96. The normalized spacial score (nSPS) is 19.9. The number of urea groups is 1. The highest BCUT2D eigenvalue weighted by Crippen LogP contribution is 2.36. The predicted molar refractivity (Wildman–Crippen MR) is 96.5 cm³/mol. The molecule has 0 radical (unpaired) electrons. The zero-order valence-corrected chi connectivity index (χ0v) is 14.9. The van der Waals surface area contributed by atoms with Crippen LogP contribution in [0, 0.1) is 5.92 Å². The standard InChI is InChI=1S/C19H25N3O4/c23-18(20-11-14-4-2-1-3-5-14)12-21-8-9-22(19(21)24)15-6-7-16-17(10-15)26-13-25-16/h6-7,10,14H,1-5,8-9,11-13H2,(H,20,23). The topological polar surface area (TPSA) is 71.1 Å². The Hall–Kier alpha value is -2.44. The van der Waals surface area contributed by atoms with Gasteiger partial charge in [-0.05, 0) is 30.9 Å². The number of amides is 3. The van der Waals surface area contributed by atoms with Gasteiger partial charge in [-0.3, -0.25) is 9.69 Å². The van der Waals surface area contributed by atoms with E-state index in [2.05, 4.69) is 5.32 Å². The number of carbonyl (C=O) groups excluding carboxylic acids is 2. The quantitative estimate of drug-likeness (QED) is 0.876. The van der Waals surface area contributed by atoms with Crippen LogP contribution in [0.15, 0.2) is 18.2 Å². The van der Waals surface area contributed by atoms with Crippen LogP contribution in [0.5, 0.6) is 11.5 Å². The summed E-state index contributed by atoms with van der Waals surface area (Å²) in [5.74, 6) is 1.86.